The van der Waals surface area contributed by atoms with Crippen LogP contribution in [0.5, 0.6) is 0 Å². The Morgan fingerprint density at radius 2 is 1.83 bits per heavy atom. The van der Waals surface area contributed by atoms with Gasteiger partial charge in [0, 0.05) is 30.0 Å². The van der Waals surface area contributed by atoms with Crippen molar-refractivity contribution in [2.24, 2.45) is 0 Å². The summed E-state index contributed by atoms with van der Waals surface area (Å²) in [6, 6.07) is 6.62. The topological polar surface area (TPSA) is 105 Å². The van der Waals surface area contributed by atoms with Crippen LogP contribution in [-0.4, -0.2) is 44.3 Å². The standard InChI is InChI=1S/C26H25F2N5O3/c1-26(2,3)25-31-22(32-36-25)14-8-10-33(11-9-14)23-20-18(27)7-6-16(21(20)29-13-30-23)15-4-5-17(24(34)35)19(28)12-15/h4-7,12-14H,8-11H2,1-3H3,(H,34,35). The van der Waals surface area contributed by atoms with Gasteiger partial charge in [-0.2, -0.15) is 4.98 Å². The number of halogens is 2. The van der Waals surface area contributed by atoms with Crippen molar-refractivity contribution in [2.75, 3.05) is 18.0 Å². The summed E-state index contributed by atoms with van der Waals surface area (Å²) in [4.78, 5) is 26.5. The number of nitrogens with zero attached hydrogens (tertiary/aromatic N) is 5. The fourth-order valence-corrected chi connectivity index (χ4v) is 4.50. The number of carboxylic acid groups (broad SMARTS) is 1. The lowest BCUT2D eigenvalue weighted by Gasteiger charge is -2.32. The molecule has 2 aromatic heterocycles. The zero-order chi connectivity index (χ0) is 25.6. The summed E-state index contributed by atoms with van der Waals surface area (Å²) in [6.07, 6.45) is 2.86. The van der Waals surface area contributed by atoms with Gasteiger partial charge in [0.25, 0.3) is 0 Å². The Kier molecular flexibility index (Phi) is 5.89. The average Bonchev–Trinajstić information content (AvgIpc) is 3.35. The highest BCUT2D eigenvalue weighted by Gasteiger charge is 2.29. The molecule has 4 aromatic rings. The van der Waals surface area contributed by atoms with E-state index in [2.05, 4.69) is 20.1 Å². The lowest BCUT2D eigenvalue weighted by atomic mass is 9.94. The fraction of sp³-hybridized carbons (Fsp3) is 0.346. The molecule has 3 heterocycles. The number of carbonyl (C=O) groups is 1. The predicted molar refractivity (Wildman–Crippen MR) is 129 cm³/mol. The van der Waals surface area contributed by atoms with E-state index in [-0.39, 0.29) is 16.7 Å². The molecule has 1 fully saturated rings. The number of hydrogen-bond acceptors (Lipinski definition) is 7. The second-order valence-corrected chi connectivity index (χ2v) is 9.98. The molecule has 186 valence electrons. The van der Waals surface area contributed by atoms with Gasteiger partial charge in [0.1, 0.15) is 23.8 Å². The van der Waals surface area contributed by atoms with Crippen LogP contribution in [-0.2, 0) is 5.41 Å². The normalized spacial score (nSPS) is 15.0. The molecule has 1 N–H and O–H groups in total. The Morgan fingerprint density at radius 3 is 2.47 bits per heavy atom. The second kappa shape index (κ2) is 8.92. The van der Waals surface area contributed by atoms with Gasteiger partial charge in [-0.25, -0.2) is 23.5 Å². The van der Waals surface area contributed by atoms with Crippen molar-refractivity contribution in [1.29, 1.82) is 0 Å². The maximum absolute atomic E-state index is 15.1. The Bertz CT molecular complexity index is 1460. The van der Waals surface area contributed by atoms with Crippen LogP contribution in [0.15, 0.2) is 41.2 Å². The molecule has 36 heavy (non-hydrogen) atoms. The van der Waals surface area contributed by atoms with Gasteiger partial charge in [-0.15, -0.1) is 0 Å². The smallest absolute Gasteiger partial charge is 0.338 e. The molecule has 2 aromatic carbocycles. The van der Waals surface area contributed by atoms with E-state index in [4.69, 9.17) is 9.63 Å². The van der Waals surface area contributed by atoms with Crippen molar-refractivity contribution in [2.45, 2.75) is 44.9 Å². The molecular weight excluding hydrogens is 468 g/mol. The minimum atomic E-state index is -1.36. The Balaban J connectivity index is 1.45. The van der Waals surface area contributed by atoms with Gasteiger partial charge in [0.2, 0.25) is 5.89 Å². The maximum Gasteiger partial charge on any atom is 0.338 e. The minimum absolute atomic E-state index is 0.130. The molecule has 1 aliphatic heterocycles. The van der Waals surface area contributed by atoms with E-state index in [1.54, 1.807) is 0 Å². The predicted octanol–water partition coefficient (Wildman–Crippen LogP) is 5.34. The molecule has 5 rings (SSSR count). The number of rotatable bonds is 4. The summed E-state index contributed by atoms with van der Waals surface area (Å²) in [5, 5.41) is 13.5. The van der Waals surface area contributed by atoms with E-state index in [1.165, 1.54) is 30.6 Å². The first-order chi connectivity index (χ1) is 17.1. The monoisotopic (exact) mass is 493 g/mol. The quantitative estimate of drug-likeness (QED) is 0.406. The molecule has 0 aliphatic carbocycles. The van der Waals surface area contributed by atoms with E-state index in [9.17, 15) is 9.18 Å². The van der Waals surface area contributed by atoms with Gasteiger partial charge in [-0.1, -0.05) is 32.0 Å². The van der Waals surface area contributed by atoms with Gasteiger partial charge < -0.3 is 14.5 Å². The molecule has 1 aliphatic rings. The molecule has 10 heteroatoms. The number of benzene rings is 2. The van der Waals surface area contributed by atoms with E-state index < -0.39 is 23.2 Å². The van der Waals surface area contributed by atoms with Gasteiger partial charge >= 0.3 is 5.97 Å². The maximum atomic E-state index is 15.1. The fourth-order valence-electron chi connectivity index (χ4n) is 4.50. The average molecular weight is 494 g/mol. The number of aromatic nitrogens is 4. The first-order valence-electron chi connectivity index (χ1n) is 11.7. The summed E-state index contributed by atoms with van der Waals surface area (Å²) in [5.41, 5.74) is 0.565. The Hall–Kier alpha value is -3.95. The number of hydrogen-bond donors (Lipinski definition) is 1. The summed E-state index contributed by atoms with van der Waals surface area (Å²) < 4.78 is 34.9. The van der Waals surface area contributed by atoms with Gasteiger partial charge in [0.05, 0.1) is 16.5 Å². The van der Waals surface area contributed by atoms with E-state index in [0.717, 1.165) is 18.9 Å². The van der Waals surface area contributed by atoms with Crippen LogP contribution < -0.4 is 4.90 Å². The summed E-state index contributed by atoms with van der Waals surface area (Å²) in [5.74, 6) is -0.829. The lowest BCUT2D eigenvalue weighted by molar-refractivity contribution is 0.0692. The van der Waals surface area contributed by atoms with Crippen LogP contribution in [0.4, 0.5) is 14.6 Å². The molecular formula is C26H25F2N5O3. The zero-order valence-corrected chi connectivity index (χ0v) is 20.1. The lowest BCUT2D eigenvalue weighted by Crippen LogP contribution is -2.34. The van der Waals surface area contributed by atoms with Gasteiger partial charge in [-0.3, -0.25) is 0 Å². The van der Waals surface area contributed by atoms with Crippen LogP contribution in [0, 0.1) is 11.6 Å². The SMILES string of the molecule is CC(C)(C)c1nc(C2CCN(c3ncnc4c(-c5ccc(C(=O)O)c(F)c5)ccc(F)c34)CC2)no1. The third kappa shape index (κ3) is 4.27. The summed E-state index contributed by atoms with van der Waals surface area (Å²) in [6.45, 7) is 7.28. The van der Waals surface area contributed by atoms with E-state index in [0.29, 0.717) is 47.3 Å². The zero-order valence-electron chi connectivity index (χ0n) is 20.1. The van der Waals surface area contributed by atoms with Crippen molar-refractivity contribution in [3.8, 4) is 11.1 Å². The van der Waals surface area contributed by atoms with Crippen LogP contribution >= 0.6 is 0 Å². The Labute approximate surface area is 206 Å². The molecule has 0 bridgehead atoms. The highest BCUT2D eigenvalue weighted by molar-refractivity contribution is 6.00. The third-order valence-electron chi connectivity index (χ3n) is 6.47. The van der Waals surface area contributed by atoms with Crippen molar-refractivity contribution in [3.63, 3.8) is 0 Å². The van der Waals surface area contributed by atoms with Gasteiger partial charge in [-0.05, 0) is 42.7 Å². The molecule has 0 radical (unpaired) electrons. The molecule has 8 nitrogen and oxygen atoms in total. The first kappa shape index (κ1) is 23.8. The van der Waals surface area contributed by atoms with Crippen molar-refractivity contribution in [3.05, 3.63) is 65.6 Å². The summed E-state index contributed by atoms with van der Waals surface area (Å²) in [7, 11) is 0. The molecule has 0 amide bonds. The molecule has 0 saturated carbocycles. The number of piperidine rings is 1. The largest absolute Gasteiger partial charge is 0.478 e. The van der Waals surface area contributed by atoms with Crippen LogP contribution in [0.3, 0.4) is 0 Å². The Morgan fingerprint density at radius 1 is 1.08 bits per heavy atom. The van der Waals surface area contributed by atoms with Crippen molar-refractivity contribution in [1.82, 2.24) is 20.1 Å². The highest BCUT2D eigenvalue weighted by atomic mass is 19.1. The molecule has 0 spiro atoms. The van der Waals surface area contributed by atoms with Crippen molar-refractivity contribution >= 4 is 22.7 Å². The summed E-state index contributed by atoms with van der Waals surface area (Å²) >= 11 is 0. The van der Waals surface area contributed by atoms with Crippen LogP contribution in [0.1, 0.15) is 61.6 Å². The highest BCUT2D eigenvalue weighted by Crippen LogP contribution is 2.36. The van der Waals surface area contributed by atoms with E-state index in [1.807, 2.05) is 25.7 Å². The number of carboxylic acids is 1. The second-order valence-electron chi connectivity index (χ2n) is 9.98. The number of fused-ring (bicyclic) bond motifs is 1. The van der Waals surface area contributed by atoms with E-state index >= 15 is 4.39 Å². The number of anilines is 1. The minimum Gasteiger partial charge on any atom is -0.478 e. The van der Waals surface area contributed by atoms with Gasteiger partial charge in [0.15, 0.2) is 5.82 Å². The molecule has 0 unspecified atom stereocenters. The van der Waals surface area contributed by atoms with Crippen LogP contribution in [0.25, 0.3) is 22.0 Å². The molecule has 0 atom stereocenters. The number of aromatic carboxylic acids is 1. The molecule has 1 saturated heterocycles. The third-order valence-corrected chi connectivity index (χ3v) is 6.47. The van der Waals surface area contributed by atoms with Crippen LogP contribution in [0.2, 0.25) is 0 Å². The first-order valence-corrected chi connectivity index (χ1v) is 11.7. The van der Waals surface area contributed by atoms with Crippen molar-refractivity contribution < 1.29 is 23.2 Å².